The molecule has 2 aromatic carbocycles. The van der Waals surface area contributed by atoms with E-state index in [1.807, 2.05) is 52.0 Å². The number of ether oxygens (including phenoxy) is 2. The number of nitrogens with zero attached hydrogens (tertiary/aromatic N) is 3. The van der Waals surface area contributed by atoms with Crippen LogP contribution in [-0.4, -0.2) is 40.4 Å². The molecule has 0 saturated heterocycles. The third kappa shape index (κ3) is 7.89. The number of hydrogen-bond donors (Lipinski definition) is 3. The Hall–Kier alpha value is -4.77. The number of carbonyl (C=O) groups excluding carboxylic acids is 2. The van der Waals surface area contributed by atoms with Gasteiger partial charge in [-0.25, -0.2) is 13.9 Å². The fraction of sp³-hybridized carbons (Fsp3) is 0.267. The average Bonchev–Trinajstić information content (AvgIpc) is 3.34. The largest absolute Gasteiger partial charge is 0.457 e. The van der Waals surface area contributed by atoms with Gasteiger partial charge < -0.3 is 20.1 Å². The van der Waals surface area contributed by atoms with Gasteiger partial charge in [0.1, 0.15) is 29.7 Å². The number of nitrogens with one attached hydrogen (secondary N) is 3. The van der Waals surface area contributed by atoms with E-state index in [1.54, 1.807) is 35.1 Å². The first-order valence-electron chi connectivity index (χ1n) is 13.0. The van der Waals surface area contributed by atoms with Crippen molar-refractivity contribution in [2.24, 2.45) is 0 Å². The number of hydrogen-bond acceptors (Lipinski definition) is 6. The van der Waals surface area contributed by atoms with Crippen molar-refractivity contribution in [2.75, 3.05) is 24.4 Å². The molecule has 41 heavy (non-hydrogen) atoms. The minimum absolute atomic E-state index is 0.0170. The van der Waals surface area contributed by atoms with E-state index in [0.717, 1.165) is 17.0 Å². The van der Waals surface area contributed by atoms with Crippen molar-refractivity contribution in [3.05, 3.63) is 89.6 Å². The van der Waals surface area contributed by atoms with Crippen LogP contribution in [0.15, 0.2) is 66.9 Å². The summed E-state index contributed by atoms with van der Waals surface area (Å²) >= 11 is 0. The van der Waals surface area contributed by atoms with E-state index >= 15 is 0 Å². The second kappa shape index (κ2) is 12.6. The molecule has 4 aromatic rings. The zero-order chi connectivity index (χ0) is 29.6. The summed E-state index contributed by atoms with van der Waals surface area (Å²) in [5.41, 5.74) is 2.70. The van der Waals surface area contributed by atoms with Crippen molar-refractivity contribution in [2.45, 2.75) is 39.7 Å². The Labute approximate surface area is 237 Å². The highest BCUT2D eigenvalue weighted by atomic mass is 19.1. The van der Waals surface area contributed by atoms with E-state index in [4.69, 9.17) is 14.6 Å². The van der Waals surface area contributed by atoms with Gasteiger partial charge in [0, 0.05) is 49.2 Å². The highest BCUT2D eigenvalue weighted by molar-refractivity contribution is 5.99. The predicted octanol–water partition coefficient (Wildman–Crippen LogP) is 5.71. The van der Waals surface area contributed by atoms with Crippen molar-refractivity contribution in [1.29, 1.82) is 0 Å². The van der Waals surface area contributed by atoms with Crippen LogP contribution in [-0.2, 0) is 21.5 Å². The molecule has 0 bridgehead atoms. The molecule has 0 saturated carbocycles. The Morgan fingerprint density at radius 1 is 1.00 bits per heavy atom. The fourth-order valence-electron chi connectivity index (χ4n) is 3.86. The van der Waals surface area contributed by atoms with Gasteiger partial charge in [0.25, 0.3) is 0 Å². The Balaban J connectivity index is 1.51. The molecule has 4 rings (SSSR count). The molecule has 3 amide bonds. The molecule has 0 unspecified atom stereocenters. The molecule has 0 aliphatic carbocycles. The van der Waals surface area contributed by atoms with Crippen molar-refractivity contribution in [1.82, 2.24) is 20.1 Å². The summed E-state index contributed by atoms with van der Waals surface area (Å²) in [6.07, 6.45) is 1.61. The third-order valence-electron chi connectivity index (χ3n) is 5.93. The van der Waals surface area contributed by atoms with Gasteiger partial charge >= 0.3 is 6.03 Å². The number of aromatic nitrogens is 3. The molecule has 0 fully saturated rings. The minimum atomic E-state index is -0.657. The SMILES string of the molecule is COCC(=O)NCc1cccc(-n2nc(C(C)(C)C)cc2NC(=O)Nc2ccc(Oc3ccnc(C)c3)cc2F)c1. The lowest BCUT2D eigenvalue weighted by Gasteiger charge is -2.14. The number of amides is 3. The molecule has 214 valence electrons. The van der Waals surface area contributed by atoms with Gasteiger partial charge in [0.2, 0.25) is 5.91 Å². The lowest BCUT2D eigenvalue weighted by molar-refractivity contribution is -0.124. The molecule has 0 radical (unpaired) electrons. The smallest absolute Gasteiger partial charge is 0.324 e. The molecular weight excluding hydrogens is 527 g/mol. The highest BCUT2D eigenvalue weighted by Crippen LogP contribution is 2.28. The number of benzene rings is 2. The second-order valence-corrected chi connectivity index (χ2v) is 10.4. The maximum atomic E-state index is 14.9. The van der Waals surface area contributed by atoms with Crippen LogP contribution in [0.2, 0.25) is 0 Å². The van der Waals surface area contributed by atoms with Crippen LogP contribution in [0.4, 0.5) is 20.7 Å². The Kier molecular flexibility index (Phi) is 8.98. The van der Waals surface area contributed by atoms with E-state index < -0.39 is 11.8 Å². The molecule has 0 aliphatic rings. The molecular formula is C30H33FN6O4. The fourth-order valence-corrected chi connectivity index (χ4v) is 3.86. The first-order valence-corrected chi connectivity index (χ1v) is 13.0. The van der Waals surface area contributed by atoms with E-state index in [0.29, 0.717) is 23.8 Å². The summed E-state index contributed by atoms with van der Waals surface area (Å²) in [7, 11) is 1.46. The third-order valence-corrected chi connectivity index (χ3v) is 5.93. The zero-order valence-electron chi connectivity index (χ0n) is 23.6. The molecule has 10 nitrogen and oxygen atoms in total. The standard InChI is InChI=1S/C30H33FN6O4/c1-19-13-23(11-12-32-19)41-22-9-10-25(24(31)15-22)34-29(39)35-27-16-26(30(2,3)4)36-37(27)21-8-6-7-20(14-21)17-33-28(38)18-40-5/h6-16H,17-18H2,1-5H3,(H,33,38)(H2,34,35,39). The summed E-state index contributed by atoms with van der Waals surface area (Å²) in [4.78, 5) is 28.9. The van der Waals surface area contributed by atoms with Crippen molar-refractivity contribution in [3.8, 4) is 17.2 Å². The van der Waals surface area contributed by atoms with Crippen molar-refractivity contribution < 1.29 is 23.5 Å². The van der Waals surface area contributed by atoms with E-state index in [9.17, 15) is 14.0 Å². The van der Waals surface area contributed by atoms with Gasteiger partial charge in [-0.05, 0) is 42.8 Å². The molecule has 3 N–H and O–H groups in total. The number of anilines is 2. The molecule has 0 spiro atoms. The summed E-state index contributed by atoms with van der Waals surface area (Å²) in [5.74, 6) is 0.312. The molecule has 2 heterocycles. The zero-order valence-corrected chi connectivity index (χ0v) is 23.6. The maximum Gasteiger partial charge on any atom is 0.324 e. The predicted molar refractivity (Wildman–Crippen MR) is 154 cm³/mol. The van der Waals surface area contributed by atoms with Crippen molar-refractivity contribution in [3.63, 3.8) is 0 Å². The number of pyridine rings is 1. The summed E-state index contributed by atoms with van der Waals surface area (Å²) in [5, 5.41) is 12.8. The van der Waals surface area contributed by atoms with E-state index in [1.165, 1.54) is 19.2 Å². The molecule has 11 heteroatoms. The van der Waals surface area contributed by atoms with Crippen molar-refractivity contribution >= 4 is 23.4 Å². The van der Waals surface area contributed by atoms with E-state index in [2.05, 4.69) is 20.9 Å². The molecule has 0 aliphatic heterocycles. The number of rotatable bonds is 9. The second-order valence-electron chi connectivity index (χ2n) is 10.4. The number of halogens is 1. The summed E-state index contributed by atoms with van der Waals surface area (Å²) in [6, 6.07) is 16.1. The number of urea groups is 1. The average molecular weight is 561 g/mol. The van der Waals surface area contributed by atoms with Gasteiger partial charge in [-0.3, -0.25) is 15.1 Å². The Morgan fingerprint density at radius 3 is 2.49 bits per heavy atom. The quantitative estimate of drug-likeness (QED) is 0.241. The first kappa shape index (κ1) is 29.2. The summed E-state index contributed by atoms with van der Waals surface area (Å²) in [6.45, 7) is 8.13. The molecule has 2 aromatic heterocycles. The number of aryl methyl sites for hydroxylation is 1. The normalized spacial score (nSPS) is 11.2. The van der Waals surface area contributed by atoms with Crippen LogP contribution in [0, 0.1) is 12.7 Å². The van der Waals surface area contributed by atoms with Crippen LogP contribution in [0.25, 0.3) is 5.69 Å². The maximum absolute atomic E-state index is 14.9. The van der Waals surface area contributed by atoms with Gasteiger partial charge in [-0.15, -0.1) is 0 Å². The van der Waals surface area contributed by atoms with Crippen LogP contribution < -0.4 is 20.7 Å². The van der Waals surface area contributed by atoms with Gasteiger partial charge in [0.15, 0.2) is 0 Å². The minimum Gasteiger partial charge on any atom is -0.457 e. The Morgan fingerprint density at radius 2 is 1.78 bits per heavy atom. The number of carbonyl (C=O) groups is 2. The van der Waals surface area contributed by atoms with E-state index in [-0.39, 0.29) is 29.4 Å². The van der Waals surface area contributed by atoms with Crippen LogP contribution in [0.3, 0.4) is 0 Å². The molecule has 0 atom stereocenters. The Bertz CT molecular complexity index is 1550. The van der Waals surface area contributed by atoms with Gasteiger partial charge in [-0.2, -0.15) is 5.10 Å². The van der Waals surface area contributed by atoms with Gasteiger partial charge in [-0.1, -0.05) is 32.9 Å². The van der Waals surface area contributed by atoms with Gasteiger partial charge in [0.05, 0.1) is 17.1 Å². The summed E-state index contributed by atoms with van der Waals surface area (Å²) < 4.78 is 27.0. The van der Waals surface area contributed by atoms with Crippen LogP contribution >= 0.6 is 0 Å². The van der Waals surface area contributed by atoms with Crippen LogP contribution in [0.5, 0.6) is 11.5 Å². The lowest BCUT2D eigenvalue weighted by atomic mass is 9.92. The van der Waals surface area contributed by atoms with Crippen LogP contribution in [0.1, 0.15) is 37.7 Å². The topological polar surface area (TPSA) is 119 Å². The first-order chi connectivity index (χ1) is 19.5. The highest BCUT2D eigenvalue weighted by Gasteiger charge is 2.22. The monoisotopic (exact) mass is 560 g/mol. The number of methoxy groups -OCH3 is 1. The lowest BCUT2D eigenvalue weighted by Crippen LogP contribution is -2.26.